The molecule has 0 aliphatic heterocycles. The minimum atomic E-state index is -2.87. The van der Waals surface area contributed by atoms with Crippen LogP contribution in [0, 0.1) is 0 Å². The van der Waals surface area contributed by atoms with Gasteiger partial charge in [-0.2, -0.15) is 8.78 Å². The van der Waals surface area contributed by atoms with E-state index in [-0.39, 0.29) is 18.2 Å². The van der Waals surface area contributed by atoms with Crippen LogP contribution in [0.25, 0.3) is 0 Å². The standard InChI is InChI=1S/C17H17F2NO3/c1-22-11-13-6-2-3-8-15(13)16(21)20-10-12-5-4-7-14(9-12)23-17(18)19/h2-9,17H,10-11H2,1H3,(H,20,21). The molecule has 0 aliphatic carbocycles. The number of benzene rings is 2. The third-order valence-corrected chi connectivity index (χ3v) is 3.14. The first-order valence-electron chi connectivity index (χ1n) is 6.99. The molecule has 0 heterocycles. The van der Waals surface area contributed by atoms with Gasteiger partial charge < -0.3 is 14.8 Å². The van der Waals surface area contributed by atoms with E-state index in [1.54, 1.807) is 31.4 Å². The highest BCUT2D eigenvalue weighted by Crippen LogP contribution is 2.16. The van der Waals surface area contributed by atoms with Crippen molar-refractivity contribution >= 4 is 5.91 Å². The summed E-state index contributed by atoms with van der Waals surface area (Å²) in [6, 6.07) is 13.3. The third kappa shape index (κ3) is 5.03. The fraction of sp³-hybridized carbons (Fsp3) is 0.235. The van der Waals surface area contributed by atoms with Gasteiger partial charge >= 0.3 is 6.61 Å². The number of amides is 1. The van der Waals surface area contributed by atoms with Crippen LogP contribution in [-0.4, -0.2) is 19.6 Å². The number of hydrogen-bond acceptors (Lipinski definition) is 3. The number of rotatable bonds is 7. The highest BCUT2D eigenvalue weighted by molar-refractivity contribution is 5.95. The van der Waals surface area contributed by atoms with Crippen LogP contribution in [0.15, 0.2) is 48.5 Å². The van der Waals surface area contributed by atoms with Crippen LogP contribution in [0.4, 0.5) is 8.78 Å². The molecule has 0 unspecified atom stereocenters. The summed E-state index contributed by atoms with van der Waals surface area (Å²) < 4.78 is 33.8. The summed E-state index contributed by atoms with van der Waals surface area (Å²) in [5, 5.41) is 2.76. The summed E-state index contributed by atoms with van der Waals surface area (Å²) in [6.45, 7) is -2.33. The Hall–Kier alpha value is -2.47. The van der Waals surface area contributed by atoms with E-state index in [9.17, 15) is 13.6 Å². The van der Waals surface area contributed by atoms with Gasteiger partial charge in [-0.05, 0) is 29.3 Å². The van der Waals surface area contributed by atoms with Crippen LogP contribution < -0.4 is 10.1 Å². The predicted molar refractivity (Wildman–Crippen MR) is 81.4 cm³/mol. The Morgan fingerprint density at radius 3 is 2.70 bits per heavy atom. The molecule has 2 aromatic carbocycles. The average molecular weight is 321 g/mol. The quantitative estimate of drug-likeness (QED) is 0.850. The number of ether oxygens (including phenoxy) is 2. The number of nitrogens with one attached hydrogen (secondary N) is 1. The Morgan fingerprint density at radius 2 is 1.96 bits per heavy atom. The van der Waals surface area contributed by atoms with Crippen molar-refractivity contribution < 1.29 is 23.0 Å². The zero-order valence-corrected chi connectivity index (χ0v) is 12.6. The first-order chi connectivity index (χ1) is 11.1. The number of carbonyl (C=O) groups excluding carboxylic acids is 1. The van der Waals surface area contributed by atoms with Gasteiger partial charge in [0, 0.05) is 19.2 Å². The van der Waals surface area contributed by atoms with Crippen molar-refractivity contribution in [2.45, 2.75) is 19.8 Å². The van der Waals surface area contributed by atoms with Crippen molar-refractivity contribution in [3.8, 4) is 5.75 Å². The van der Waals surface area contributed by atoms with Crippen LogP contribution in [0.1, 0.15) is 21.5 Å². The first-order valence-corrected chi connectivity index (χ1v) is 6.99. The van der Waals surface area contributed by atoms with Gasteiger partial charge in [-0.1, -0.05) is 30.3 Å². The lowest BCUT2D eigenvalue weighted by atomic mass is 10.1. The van der Waals surface area contributed by atoms with E-state index in [1.165, 1.54) is 12.1 Å². The Balaban J connectivity index is 2.02. The van der Waals surface area contributed by atoms with Crippen molar-refractivity contribution in [3.05, 3.63) is 65.2 Å². The number of carbonyl (C=O) groups is 1. The molecule has 0 radical (unpaired) electrons. The normalized spacial score (nSPS) is 10.6. The van der Waals surface area contributed by atoms with E-state index >= 15 is 0 Å². The van der Waals surface area contributed by atoms with E-state index < -0.39 is 6.61 Å². The Morgan fingerprint density at radius 1 is 1.17 bits per heavy atom. The molecular weight excluding hydrogens is 304 g/mol. The molecular formula is C17H17F2NO3. The van der Waals surface area contributed by atoms with Gasteiger partial charge in [0.15, 0.2) is 0 Å². The van der Waals surface area contributed by atoms with Crippen molar-refractivity contribution in [3.63, 3.8) is 0 Å². The molecule has 0 bridgehead atoms. The number of halogens is 2. The van der Waals surface area contributed by atoms with Gasteiger partial charge in [-0.25, -0.2) is 0 Å². The van der Waals surface area contributed by atoms with E-state index in [1.807, 2.05) is 12.1 Å². The van der Waals surface area contributed by atoms with Crippen LogP contribution in [0.3, 0.4) is 0 Å². The van der Waals surface area contributed by atoms with Crippen LogP contribution in [-0.2, 0) is 17.9 Å². The molecule has 0 spiro atoms. The molecule has 0 aromatic heterocycles. The van der Waals surface area contributed by atoms with Crippen molar-refractivity contribution in [2.24, 2.45) is 0 Å². The summed E-state index contributed by atoms with van der Waals surface area (Å²) in [5.41, 5.74) is 1.97. The van der Waals surface area contributed by atoms with Gasteiger partial charge in [0.25, 0.3) is 5.91 Å². The molecule has 0 fully saturated rings. The molecule has 1 amide bonds. The number of methoxy groups -OCH3 is 1. The largest absolute Gasteiger partial charge is 0.435 e. The lowest BCUT2D eigenvalue weighted by molar-refractivity contribution is -0.0498. The lowest BCUT2D eigenvalue weighted by Crippen LogP contribution is -2.24. The van der Waals surface area contributed by atoms with Gasteiger partial charge in [-0.15, -0.1) is 0 Å². The Kier molecular flexibility index (Phi) is 6.05. The van der Waals surface area contributed by atoms with E-state index in [0.29, 0.717) is 17.7 Å². The second-order valence-electron chi connectivity index (χ2n) is 4.80. The zero-order chi connectivity index (χ0) is 16.7. The molecule has 6 heteroatoms. The summed E-state index contributed by atoms with van der Waals surface area (Å²) in [6.07, 6.45) is 0. The molecule has 0 saturated carbocycles. The third-order valence-electron chi connectivity index (χ3n) is 3.14. The monoisotopic (exact) mass is 321 g/mol. The maximum Gasteiger partial charge on any atom is 0.387 e. The fourth-order valence-corrected chi connectivity index (χ4v) is 2.13. The summed E-state index contributed by atoms with van der Waals surface area (Å²) in [5.74, 6) is -0.190. The molecule has 122 valence electrons. The molecule has 0 saturated heterocycles. The number of hydrogen-bond donors (Lipinski definition) is 1. The second-order valence-corrected chi connectivity index (χ2v) is 4.80. The topological polar surface area (TPSA) is 47.6 Å². The maximum atomic E-state index is 12.3. The van der Waals surface area contributed by atoms with Gasteiger partial charge in [0.2, 0.25) is 0 Å². The lowest BCUT2D eigenvalue weighted by Gasteiger charge is -2.10. The molecule has 0 atom stereocenters. The molecule has 2 rings (SSSR count). The second kappa shape index (κ2) is 8.24. The zero-order valence-electron chi connectivity index (χ0n) is 12.6. The smallest absolute Gasteiger partial charge is 0.387 e. The minimum absolute atomic E-state index is 0.0616. The first kappa shape index (κ1) is 16.9. The summed E-state index contributed by atoms with van der Waals surface area (Å²) in [7, 11) is 1.56. The molecule has 2 aromatic rings. The van der Waals surface area contributed by atoms with Gasteiger partial charge in [0.1, 0.15) is 5.75 Å². The van der Waals surface area contributed by atoms with Crippen LogP contribution >= 0.6 is 0 Å². The highest BCUT2D eigenvalue weighted by atomic mass is 19.3. The van der Waals surface area contributed by atoms with Crippen molar-refractivity contribution in [1.29, 1.82) is 0 Å². The molecule has 0 aliphatic rings. The van der Waals surface area contributed by atoms with Crippen molar-refractivity contribution in [1.82, 2.24) is 5.32 Å². The maximum absolute atomic E-state index is 12.3. The van der Waals surface area contributed by atoms with Crippen molar-refractivity contribution in [2.75, 3.05) is 7.11 Å². The SMILES string of the molecule is COCc1ccccc1C(=O)NCc1cccc(OC(F)F)c1. The number of alkyl halides is 2. The summed E-state index contributed by atoms with van der Waals surface area (Å²) >= 11 is 0. The minimum Gasteiger partial charge on any atom is -0.435 e. The Labute approximate surface area is 133 Å². The van der Waals surface area contributed by atoms with E-state index in [0.717, 1.165) is 5.56 Å². The van der Waals surface area contributed by atoms with Gasteiger partial charge in [0.05, 0.1) is 6.61 Å². The van der Waals surface area contributed by atoms with Crippen LogP contribution in [0.2, 0.25) is 0 Å². The predicted octanol–water partition coefficient (Wildman–Crippen LogP) is 3.36. The highest BCUT2D eigenvalue weighted by Gasteiger charge is 2.11. The van der Waals surface area contributed by atoms with Gasteiger partial charge in [-0.3, -0.25) is 4.79 Å². The van der Waals surface area contributed by atoms with Crippen LogP contribution in [0.5, 0.6) is 5.75 Å². The molecule has 4 nitrogen and oxygen atoms in total. The van der Waals surface area contributed by atoms with E-state index in [4.69, 9.17) is 4.74 Å². The fourth-order valence-electron chi connectivity index (χ4n) is 2.13. The molecule has 23 heavy (non-hydrogen) atoms. The average Bonchev–Trinajstić information content (AvgIpc) is 2.53. The summed E-state index contributed by atoms with van der Waals surface area (Å²) in [4.78, 5) is 12.3. The molecule has 1 N–H and O–H groups in total. The Bertz CT molecular complexity index is 662. The van der Waals surface area contributed by atoms with E-state index in [2.05, 4.69) is 10.1 Å².